The van der Waals surface area contributed by atoms with E-state index in [0.29, 0.717) is 41.3 Å². The van der Waals surface area contributed by atoms with Gasteiger partial charge in [0.15, 0.2) is 0 Å². The van der Waals surface area contributed by atoms with Crippen molar-refractivity contribution in [2.24, 2.45) is 0 Å². The smallest absolute Gasteiger partial charge is 0.309 e. The fourth-order valence-corrected chi connectivity index (χ4v) is 4.41. The van der Waals surface area contributed by atoms with E-state index >= 15 is 0 Å². The first-order valence-electron chi connectivity index (χ1n) is 11.1. The summed E-state index contributed by atoms with van der Waals surface area (Å²) >= 11 is 6.51. The molecule has 34 heavy (non-hydrogen) atoms. The number of carbonyl (C=O) groups excluding carboxylic acids is 3. The number of benzene rings is 2. The van der Waals surface area contributed by atoms with Crippen molar-refractivity contribution in [1.29, 1.82) is 0 Å². The van der Waals surface area contributed by atoms with Crippen LogP contribution in [0.4, 0.5) is 10.1 Å². The van der Waals surface area contributed by atoms with Gasteiger partial charge in [-0.15, -0.1) is 0 Å². The predicted octanol–water partition coefficient (Wildman–Crippen LogP) is 3.02. The van der Waals surface area contributed by atoms with Crippen molar-refractivity contribution in [3.63, 3.8) is 0 Å². The highest BCUT2D eigenvalue weighted by Crippen LogP contribution is 2.40. The number of hydrogen-bond donors (Lipinski definition) is 3. The molecule has 0 bridgehead atoms. The summed E-state index contributed by atoms with van der Waals surface area (Å²) < 4.78 is 25.8. The van der Waals surface area contributed by atoms with Crippen LogP contribution in [-0.2, 0) is 37.8 Å². The molecule has 2 aromatic rings. The van der Waals surface area contributed by atoms with Crippen molar-refractivity contribution in [1.82, 2.24) is 10.6 Å². The Hall–Kier alpha value is -3.17. The van der Waals surface area contributed by atoms with Gasteiger partial charge in [0.2, 0.25) is 0 Å². The lowest BCUT2D eigenvalue weighted by Gasteiger charge is -2.32. The highest BCUT2D eigenvalue weighted by Gasteiger charge is 2.46. The second kappa shape index (κ2) is 9.99. The van der Waals surface area contributed by atoms with E-state index in [-0.39, 0.29) is 31.5 Å². The second-order valence-corrected chi connectivity index (χ2v) is 8.51. The largest absolute Gasteiger partial charge is 0.416 e. The maximum Gasteiger partial charge on any atom is 0.309 e. The van der Waals surface area contributed by atoms with Gasteiger partial charge in [0.1, 0.15) is 5.82 Å². The van der Waals surface area contributed by atoms with Gasteiger partial charge in [-0.25, -0.2) is 4.39 Å². The average molecular weight is 490 g/mol. The zero-order chi connectivity index (χ0) is 24.3. The standard InChI is InChI=1S/C24H25ClFN3O5/c1-2-28-23(32)16-4-3-14(11-19(16)26)12-29-22-15-9-10-27-13-24(17(15)5-6-18(22)25)33-20(30)7-8-21(31)34-24/h3-6,11,27,29H,2,7-10,12-13H2,1H3,(H,28,32). The zero-order valence-electron chi connectivity index (χ0n) is 18.6. The fraction of sp³-hybridized carbons (Fsp3) is 0.375. The molecule has 3 N–H and O–H groups in total. The molecule has 2 aliphatic rings. The SMILES string of the molecule is CCNC(=O)c1ccc(CNc2c(Cl)ccc3c2CCNCC32OC(=O)CCC(=O)O2)cc1F. The molecule has 0 unspecified atom stereocenters. The van der Waals surface area contributed by atoms with Gasteiger partial charge in [0.25, 0.3) is 11.7 Å². The quantitative estimate of drug-likeness (QED) is 0.554. The third-order valence-electron chi connectivity index (χ3n) is 5.76. The summed E-state index contributed by atoms with van der Waals surface area (Å²) in [6.45, 7) is 3.04. The number of fused-ring (bicyclic) bond motifs is 2. The maximum absolute atomic E-state index is 14.5. The van der Waals surface area contributed by atoms with E-state index in [1.807, 2.05) is 0 Å². The molecule has 2 heterocycles. The maximum atomic E-state index is 14.5. The summed E-state index contributed by atoms with van der Waals surface area (Å²) in [6.07, 6.45) is 0.429. The number of halogens is 2. The topological polar surface area (TPSA) is 106 Å². The monoisotopic (exact) mass is 489 g/mol. The van der Waals surface area contributed by atoms with Gasteiger partial charge in [0, 0.05) is 18.7 Å². The van der Waals surface area contributed by atoms with E-state index in [2.05, 4.69) is 16.0 Å². The number of esters is 2. The lowest BCUT2D eigenvalue weighted by Crippen LogP contribution is -2.43. The van der Waals surface area contributed by atoms with Crippen molar-refractivity contribution < 1.29 is 28.2 Å². The third kappa shape index (κ3) is 4.85. The Bertz CT molecular complexity index is 1120. The van der Waals surface area contributed by atoms with Crippen LogP contribution >= 0.6 is 11.6 Å². The van der Waals surface area contributed by atoms with E-state index in [9.17, 15) is 18.8 Å². The number of amides is 1. The highest BCUT2D eigenvalue weighted by atomic mass is 35.5. The minimum atomic E-state index is -1.59. The average Bonchev–Trinajstić information content (AvgIpc) is 3.05. The molecular weight excluding hydrogens is 465 g/mol. The van der Waals surface area contributed by atoms with Crippen LogP contribution < -0.4 is 16.0 Å². The molecule has 1 spiro atoms. The van der Waals surface area contributed by atoms with E-state index in [1.54, 1.807) is 25.1 Å². The molecule has 1 saturated heterocycles. The minimum absolute atomic E-state index is 0.0257. The first-order chi connectivity index (χ1) is 16.3. The van der Waals surface area contributed by atoms with Crippen LogP contribution in [0.25, 0.3) is 0 Å². The number of hydrogen-bond acceptors (Lipinski definition) is 7. The first kappa shape index (κ1) is 24.0. The predicted molar refractivity (Wildman–Crippen MR) is 123 cm³/mol. The molecule has 4 rings (SSSR count). The van der Waals surface area contributed by atoms with Crippen molar-refractivity contribution >= 4 is 35.1 Å². The molecule has 0 aromatic heterocycles. The molecular formula is C24H25ClFN3O5. The number of ether oxygens (including phenoxy) is 2. The molecule has 0 atom stereocenters. The number of nitrogens with one attached hydrogen (secondary N) is 3. The van der Waals surface area contributed by atoms with Gasteiger partial charge in [-0.2, -0.15) is 0 Å². The lowest BCUT2D eigenvalue weighted by atomic mass is 9.96. The Morgan fingerprint density at radius 1 is 1.15 bits per heavy atom. The summed E-state index contributed by atoms with van der Waals surface area (Å²) in [5.74, 6) is -3.72. The Balaban J connectivity index is 1.64. The second-order valence-electron chi connectivity index (χ2n) is 8.10. The third-order valence-corrected chi connectivity index (χ3v) is 6.07. The normalized spacial score (nSPS) is 17.1. The molecule has 1 fully saturated rings. The van der Waals surface area contributed by atoms with Gasteiger partial charge < -0.3 is 25.4 Å². The van der Waals surface area contributed by atoms with Gasteiger partial charge in [-0.3, -0.25) is 14.4 Å². The molecule has 0 aliphatic carbocycles. The van der Waals surface area contributed by atoms with Crippen LogP contribution in [0.3, 0.4) is 0 Å². The van der Waals surface area contributed by atoms with Crippen LogP contribution in [0.1, 0.15) is 46.8 Å². The zero-order valence-corrected chi connectivity index (χ0v) is 19.4. The fourth-order valence-electron chi connectivity index (χ4n) is 4.16. The summed E-state index contributed by atoms with van der Waals surface area (Å²) in [5, 5.41) is 9.40. The van der Waals surface area contributed by atoms with Crippen LogP contribution in [0, 0.1) is 5.82 Å². The van der Waals surface area contributed by atoms with Crippen molar-refractivity contribution in [3.8, 4) is 0 Å². The Labute approximate surface area is 201 Å². The molecule has 0 saturated carbocycles. The highest BCUT2D eigenvalue weighted by molar-refractivity contribution is 6.33. The number of carbonyl (C=O) groups is 3. The van der Waals surface area contributed by atoms with Crippen molar-refractivity contribution in [2.45, 2.75) is 38.5 Å². The van der Waals surface area contributed by atoms with Gasteiger partial charge in [0.05, 0.1) is 35.7 Å². The summed E-state index contributed by atoms with van der Waals surface area (Å²) in [7, 11) is 0. The van der Waals surface area contributed by atoms with Gasteiger partial charge in [-0.1, -0.05) is 17.7 Å². The summed E-state index contributed by atoms with van der Waals surface area (Å²) in [5.41, 5.74) is 2.42. The number of anilines is 1. The van der Waals surface area contributed by atoms with E-state index in [4.69, 9.17) is 21.1 Å². The molecule has 2 aliphatic heterocycles. The lowest BCUT2D eigenvalue weighted by molar-refractivity contribution is -0.225. The van der Waals surface area contributed by atoms with Crippen LogP contribution in [0.2, 0.25) is 5.02 Å². The molecule has 1 amide bonds. The van der Waals surface area contributed by atoms with Crippen molar-refractivity contribution in [2.75, 3.05) is 25.0 Å². The Morgan fingerprint density at radius 3 is 2.56 bits per heavy atom. The molecule has 0 radical (unpaired) electrons. The molecule has 10 heteroatoms. The number of rotatable bonds is 5. The summed E-state index contributed by atoms with van der Waals surface area (Å²) in [4.78, 5) is 36.4. The van der Waals surface area contributed by atoms with E-state index in [0.717, 1.165) is 5.56 Å². The Kier molecular flexibility index (Phi) is 7.04. The van der Waals surface area contributed by atoms with Crippen molar-refractivity contribution in [3.05, 3.63) is 63.4 Å². The molecule has 180 valence electrons. The first-order valence-corrected chi connectivity index (χ1v) is 11.5. The van der Waals surface area contributed by atoms with E-state index in [1.165, 1.54) is 12.1 Å². The van der Waals surface area contributed by atoms with Crippen LogP contribution in [0.15, 0.2) is 30.3 Å². The van der Waals surface area contributed by atoms with E-state index < -0.39 is 29.5 Å². The summed E-state index contributed by atoms with van der Waals surface area (Å²) in [6, 6.07) is 7.73. The van der Waals surface area contributed by atoms with Crippen LogP contribution in [0.5, 0.6) is 0 Å². The molecule has 8 nitrogen and oxygen atoms in total. The minimum Gasteiger partial charge on any atom is -0.416 e. The van der Waals surface area contributed by atoms with Gasteiger partial charge >= 0.3 is 11.9 Å². The van der Waals surface area contributed by atoms with Crippen LogP contribution in [-0.4, -0.2) is 37.5 Å². The Morgan fingerprint density at radius 2 is 1.88 bits per heavy atom. The molecule has 2 aromatic carbocycles. The van der Waals surface area contributed by atoms with Gasteiger partial charge in [-0.05, 0) is 55.3 Å².